The van der Waals surface area contributed by atoms with Gasteiger partial charge in [0.25, 0.3) is 0 Å². The van der Waals surface area contributed by atoms with Gasteiger partial charge in [-0.3, -0.25) is 4.99 Å². The van der Waals surface area contributed by atoms with Crippen molar-refractivity contribution in [1.82, 2.24) is 5.32 Å². The Hall–Kier alpha value is -1.55. The van der Waals surface area contributed by atoms with Crippen molar-refractivity contribution in [2.24, 2.45) is 16.6 Å². The van der Waals surface area contributed by atoms with Gasteiger partial charge in [0.1, 0.15) is 0 Å². The van der Waals surface area contributed by atoms with Gasteiger partial charge in [0.05, 0.1) is 6.10 Å². The van der Waals surface area contributed by atoms with Crippen molar-refractivity contribution in [2.45, 2.75) is 52.2 Å². The van der Waals surface area contributed by atoms with Crippen LogP contribution in [0.5, 0.6) is 0 Å². The average molecular weight is 303 g/mol. The van der Waals surface area contributed by atoms with E-state index >= 15 is 0 Å². The molecule has 1 aliphatic heterocycles. The Balaban J connectivity index is 2.04. The third-order valence-electron chi connectivity index (χ3n) is 3.85. The lowest BCUT2D eigenvalue weighted by Gasteiger charge is -2.31. The second-order valence-electron chi connectivity index (χ2n) is 7.21. The predicted octanol–water partition coefficient (Wildman–Crippen LogP) is 3.17. The number of aryl methyl sites for hydroxylation is 1. The third-order valence-corrected chi connectivity index (χ3v) is 3.85. The Morgan fingerprint density at radius 2 is 2.00 bits per heavy atom. The van der Waals surface area contributed by atoms with E-state index in [1.165, 1.54) is 11.1 Å². The summed E-state index contributed by atoms with van der Waals surface area (Å²) in [4.78, 5) is 4.53. The van der Waals surface area contributed by atoms with Gasteiger partial charge >= 0.3 is 0 Å². The number of hydrogen-bond acceptors (Lipinski definition) is 2. The number of aliphatic imine (C=N–C) groups is 1. The second kappa shape index (κ2) is 7.14. The molecule has 2 unspecified atom stereocenters. The average Bonchev–Trinajstić information content (AvgIpc) is 2.45. The summed E-state index contributed by atoms with van der Waals surface area (Å²) in [6.07, 6.45) is 2.35. The molecule has 122 valence electrons. The fraction of sp³-hybridized carbons (Fsp3) is 0.611. The highest BCUT2D eigenvalue weighted by Crippen LogP contribution is 2.33. The van der Waals surface area contributed by atoms with Crippen LogP contribution in [0.2, 0.25) is 0 Å². The molecule has 1 aliphatic rings. The second-order valence-corrected chi connectivity index (χ2v) is 7.21. The van der Waals surface area contributed by atoms with Gasteiger partial charge in [-0.2, -0.15) is 0 Å². The maximum absolute atomic E-state index is 6.02. The molecule has 22 heavy (non-hydrogen) atoms. The lowest BCUT2D eigenvalue weighted by Crippen LogP contribution is -2.45. The van der Waals surface area contributed by atoms with Crippen molar-refractivity contribution in [1.29, 1.82) is 0 Å². The van der Waals surface area contributed by atoms with Gasteiger partial charge < -0.3 is 15.8 Å². The standard InChI is InChI=1S/C18H29N3O/c1-13-7-9-14(10-8-13)16-15(6-5-11-22-16)12-20-17(19)21-18(2,3)4/h7-10,15-16H,5-6,11-12H2,1-4H3,(H3,19,20,21). The molecule has 2 atom stereocenters. The molecule has 1 aromatic rings. The van der Waals surface area contributed by atoms with Crippen LogP contribution < -0.4 is 11.1 Å². The number of guanidine groups is 1. The smallest absolute Gasteiger partial charge is 0.188 e. The number of hydrogen-bond donors (Lipinski definition) is 2. The highest BCUT2D eigenvalue weighted by molar-refractivity contribution is 5.78. The van der Waals surface area contributed by atoms with Gasteiger partial charge in [0, 0.05) is 24.6 Å². The molecule has 0 bridgehead atoms. The molecule has 1 aromatic carbocycles. The van der Waals surface area contributed by atoms with Crippen LogP contribution in [-0.2, 0) is 4.74 Å². The van der Waals surface area contributed by atoms with Crippen LogP contribution in [0, 0.1) is 12.8 Å². The van der Waals surface area contributed by atoms with E-state index in [9.17, 15) is 0 Å². The molecule has 1 heterocycles. The summed E-state index contributed by atoms with van der Waals surface area (Å²) >= 11 is 0. The first-order valence-electron chi connectivity index (χ1n) is 8.11. The summed E-state index contributed by atoms with van der Waals surface area (Å²) in [5, 5.41) is 3.21. The van der Waals surface area contributed by atoms with Gasteiger partial charge in [0.2, 0.25) is 0 Å². The fourth-order valence-corrected chi connectivity index (χ4v) is 2.79. The monoisotopic (exact) mass is 303 g/mol. The zero-order valence-corrected chi connectivity index (χ0v) is 14.2. The van der Waals surface area contributed by atoms with Crippen molar-refractivity contribution in [3.8, 4) is 0 Å². The van der Waals surface area contributed by atoms with Crippen molar-refractivity contribution < 1.29 is 4.74 Å². The van der Waals surface area contributed by atoms with Crippen molar-refractivity contribution in [3.63, 3.8) is 0 Å². The van der Waals surface area contributed by atoms with E-state index in [0.29, 0.717) is 18.4 Å². The van der Waals surface area contributed by atoms with E-state index in [1.54, 1.807) is 0 Å². The molecule has 4 nitrogen and oxygen atoms in total. The van der Waals surface area contributed by atoms with Gasteiger partial charge in [-0.25, -0.2) is 0 Å². The summed E-state index contributed by atoms with van der Waals surface area (Å²) in [7, 11) is 0. The molecule has 1 fully saturated rings. The number of benzene rings is 1. The molecular weight excluding hydrogens is 274 g/mol. The third kappa shape index (κ3) is 5.02. The zero-order valence-electron chi connectivity index (χ0n) is 14.2. The Morgan fingerprint density at radius 1 is 1.32 bits per heavy atom. The normalized spacial score (nSPS) is 23.4. The minimum Gasteiger partial charge on any atom is -0.373 e. The highest BCUT2D eigenvalue weighted by Gasteiger charge is 2.27. The van der Waals surface area contributed by atoms with Crippen molar-refractivity contribution in [3.05, 3.63) is 35.4 Å². The molecule has 1 saturated heterocycles. The highest BCUT2D eigenvalue weighted by atomic mass is 16.5. The van der Waals surface area contributed by atoms with Crippen LogP contribution in [0.1, 0.15) is 50.8 Å². The van der Waals surface area contributed by atoms with Gasteiger partial charge in [-0.1, -0.05) is 29.8 Å². The molecule has 2 rings (SSSR count). The topological polar surface area (TPSA) is 59.6 Å². The first-order valence-corrected chi connectivity index (χ1v) is 8.11. The van der Waals surface area contributed by atoms with E-state index in [0.717, 1.165) is 19.4 Å². The first kappa shape index (κ1) is 16.8. The summed E-state index contributed by atoms with van der Waals surface area (Å²) in [5.41, 5.74) is 8.43. The molecule has 3 N–H and O–H groups in total. The van der Waals surface area contributed by atoms with E-state index in [1.807, 2.05) is 0 Å². The van der Waals surface area contributed by atoms with Crippen LogP contribution in [-0.4, -0.2) is 24.7 Å². The lowest BCUT2D eigenvalue weighted by molar-refractivity contribution is -0.0250. The zero-order chi connectivity index (χ0) is 16.2. The quantitative estimate of drug-likeness (QED) is 0.666. The van der Waals surface area contributed by atoms with E-state index in [-0.39, 0.29) is 11.6 Å². The Kier molecular flexibility index (Phi) is 5.46. The Bertz CT molecular complexity index is 502. The molecular formula is C18H29N3O. The predicted molar refractivity (Wildman–Crippen MR) is 92.0 cm³/mol. The minimum atomic E-state index is -0.0625. The first-order chi connectivity index (χ1) is 10.3. The van der Waals surface area contributed by atoms with Gasteiger partial charge in [0.15, 0.2) is 5.96 Å². The number of ether oxygens (including phenoxy) is 1. The fourth-order valence-electron chi connectivity index (χ4n) is 2.79. The Morgan fingerprint density at radius 3 is 2.64 bits per heavy atom. The number of nitrogens with two attached hydrogens (primary N) is 1. The van der Waals surface area contributed by atoms with Crippen LogP contribution >= 0.6 is 0 Å². The van der Waals surface area contributed by atoms with Crippen LogP contribution in [0.3, 0.4) is 0 Å². The molecule has 0 radical (unpaired) electrons. The maximum atomic E-state index is 6.02. The molecule has 0 amide bonds. The number of rotatable bonds is 3. The molecule has 4 heteroatoms. The summed E-state index contributed by atoms with van der Waals surface area (Å²) in [5.74, 6) is 0.900. The van der Waals surface area contributed by atoms with Crippen LogP contribution in [0.15, 0.2) is 29.3 Å². The van der Waals surface area contributed by atoms with Crippen molar-refractivity contribution in [2.75, 3.05) is 13.2 Å². The maximum Gasteiger partial charge on any atom is 0.188 e. The van der Waals surface area contributed by atoms with Gasteiger partial charge in [-0.15, -0.1) is 0 Å². The SMILES string of the molecule is Cc1ccc(C2OCCCC2CN=C(N)NC(C)(C)C)cc1. The van der Waals surface area contributed by atoms with E-state index in [4.69, 9.17) is 10.5 Å². The molecule has 0 aromatic heterocycles. The molecule has 0 saturated carbocycles. The van der Waals surface area contributed by atoms with E-state index in [2.05, 4.69) is 62.3 Å². The molecule has 0 spiro atoms. The van der Waals surface area contributed by atoms with Gasteiger partial charge in [-0.05, 0) is 46.1 Å². The molecule has 0 aliphatic carbocycles. The lowest BCUT2D eigenvalue weighted by atomic mass is 9.89. The van der Waals surface area contributed by atoms with Crippen molar-refractivity contribution >= 4 is 5.96 Å². The van der Waals surface area contributed by atoms with Crippen LogP contribution in [0.4, 0.5) is 0 Å². The number of nitrogens with one attached hydrogen (secondary N) is 1. The van der Waals surface area contributed by atoms with E-state index < -0.39 is 0 Å². The number of nitrogens with zero attached hydrogens (tertiary/aromatic N) is 1. The minimum absolute atomic E-state index is 0.0625. The summed E-state index contributed by atoms with van der Waals surface area (Å²) in [6.45, 7) is 9.87. The van der Waals surface area contributed by atoms with Crippen LogP contribution in [0.25, 0.3) is 0 Å². The largest absolute Gasteiger partial charge is 0.373 e. The summed E-state index contributed by atoms with van der Waals surface area (Å²) < 4.78 is 6.02. The summed E-state index contributed by atoms with van der Waals surface area (Å²) in [6, 6.07) is 8.61. The Labute approximate surface area is 134 Å².